The minimum Gasteiger partial charge on any atom is -0.350 e. The fourth-order valence-corrected chi connectivity index (χ4v) is 5.82. The second-order valence-corrected chi connectivity index (χ2v) is 10.2. The van der Waals surface area contributed by atoms with Gasteiger partial charge in [-0.1, -0.05) is 86.3 Å². The number of aryl methyl sites for hydroxylation is 1. The molecule has 2 amide bonds. The molecule has 1 aliphatic rings. The summed E-state index contributed by atoms with van der Waals surface area (Å²) in [6.07, 6.45) is 0. The normalized spacial score (nSPS) is 15.8. The van der Waals surface area contributed by atoms with Gasteiger partial charge in [0.2, 0.25) is 11.8 Å². The van der Waals surface area contributed by atoms with Gasteiger partial charge < -0.3 is 9.88 Å². The molecule has 2 heterocycles. The molecule has 0 spiro atoms. The average molecular weight is 484 g/mol. The van der Waals surface area contributed by atoms with Gasteiger partial charge in [0.1, 0.15) is 6.04 Å². The zero-order valence-electron chi connectivity index (χ0n) is 20.2. The zero-order chi connectivity index (χ0) is 24.5. The summed E-state index contributed by atoms with van der Waals surface area (Å²) in [7, 11) is 2.00. The van der Waals surface area contributed by atoms with E-state index in [9.17, 15) is 9.59 Å². The van der Waals surface area contributed by atoms with Crippen molar-refractivity contribution >= 4 is 40.2 Å². The second-order valence-electron chi connectivity index (χ2n) is 9.20. The number of rotatable bonds is 5. The third kappa shape index (κ3) is 4.34. The average Bonchev–Trinajstić information content (AvgIpc) is 3.05. The van der Waals surface area contributed by atoms with Gasteiger partial charge in [0, 0.05) is 35.7 Å². The van der Waals surface area contributed by atoms with E-state index in [-0.39, 0.29) is 17.6 Å². The van der Waals surface area contributed by atoms with Gasteiger partial charge in [-0.15, -0.1) is 0 Å². The van der Waals surface area contributed by atoms with Crippen molar-refractivity contribution in [1.29, 1.82) is 0 Å². The summed E-state index contributed by atoms with van der Waals surface area (Å²) in [5, 5.41) is 5.07. The van der Waals surface area contributed by atoms with Crippen molar-refractivity contribution in [3.05, 3.63) is 95.6 Å². The van der Waals surface area contributed by atoms with Crippen molar-refractivity contribution < 1.29 is 9.59 Å². The predicted molar refractivity (Wildman–Crippen MR) is 143 cm³/mol. The van der Waals surface area contributed by atoms with Crippen LogP contribution in [0.3, 0.4) is 0 Å². The van der Waals surface area contributed by atoms with E-state index in [4.69, 9.17) is 0 Å². The number of thioether (sulfide) groups is 1. The first-order valence-electron chi connectivity index (χ1n) is 11.9. The van der Waals surface area contributed by atoms with E-state index in [2.05, 4.69) is 29.8 Å². The zero-order valence-corrected chi connectivity index (χ0v) is 21.0. The smallest absolute Gasteiger partial charge is 0.248 e. The summed E-state index contributed by atoms with van der Waals surface area (Å²) >= 11 is 1.50. The molecule has 0 aliphatic carbocycles. The molecule has 0 radical (unpaired) electrons. The Balaban J connectivity index is 1.63. The van der Waals surface area contributed by atoms with E-state index < -0.39 is 6.04 Å². The fourth-order valence-electron chi connectivity index (χ4n) is 4.75. The van der Waals surface area contributed by atoms with Gasteiger partial charge in [0.15, 0.2) is 0 Å². The molecule has 178 valence electrons. The number of fused-ring (bicyclic) bond motifs is 3. The first-order valence-corrected chi connectivity index (χ1v) is 12.9. The Bertz CT molecular complexity index is 1380. The summed E-state index contributed by atoms with van der Waals surface area (Å²) in [5.74, 6) is 0.391. The Hall–Kier alpha value is -3.51. The quantitative estimate of drug-likeness (QED) is 0.390. The lowest BCUT2D eigenvalue weighted by Crippen LogP contribution is -2.43. The Kier molecular flexibility index (Phi) is 6.39. The van der Waals surface area contributed by atoms with Crippen LogP contribution in [0.1, 0.15) is 42.5 Å². The molecule has 5 nitrogen and oxygen atoms in total. The molecule has 4 aromatic rings. The highest BCUT2D eigenvalue weighted by Gasteiger charge is 2.39. The number of benzene rings is 3. The minimum absolute atomic E-state index is 0.0764. The summed E-state index contributed by atoms with van der Waals surface area (Å²) in [5.41, 5.74) is 4.89. The number of nitrogens with zero attached hydrogens (tertiary/aromatic N) is 2. The number of amides is 2. The topological polar surface area (TPSA) is 54.3 Å². The molecular formula is C29H29N3O2S. The summed E-state index contributed by atoms with van der Waals surface area (Å²) < 4.78 is 2.10. The SMILES string of the molecule is CC(C)c1ccc(N2C(=O)CSc3c(c4ccccc4n3C)C2C(=O)NCc2ccccc2)cc1. The molecule has 1 unspecified atom stereocenters. The van der Waals surface area contributed by atoms with E-state index in [1.807, 2.05) is 79.8 Å². The Morgan fingerprint density at radius 3 is 2.40 bits per heavy atom. The monoisotopic (exact) mass is 483 g/mol. The molecule has 1 atom stereocenters. The third-order valence-corrected chi connectivity index (χ3v) is 7.78. The Morgan fingerprint density at radius 1 is 1.00 bits per heavy atom. The van der Waals surface area contributed by atoms with Gasteiger partial charge in [-0.25, -0.2) is 0 Å². The maximum absolute atomic E-state index is 13.9. The number of carbonyl (C=O) groups is 2. The van der Waals surface area contributed by atoms with Crippen molar-refractivity contribution in [3.63, 3.8) is 0 Å². The number of aromatic nitrogens is 1. The number of anilines is 1. The lowest BCUT2D eigenvalue weighted by Gasteiger charge is -2.30. The maximum atomic E-state index is 13.9. The van der Waals surface area contributed by atoms with E-state index in [1.54, 1.807) is 4.90 Å². The molecule has 0 saturated heterocycles. The van der Waals surface area contributed by atoms with Crippen molar-refractivity contribution in [1.82, 2.24) is 9.88 Å². The Morgan fingerprint density at radius 2 is 1.69 bits per heavy atom. The van der Waals surface area contributed by atoms with Gasteiger partial charge in [0.05, 0.1) is 10.8 Å². The highest BCUT2D eigenvalue weighted by molar-refractivity contribution is 8.00. The second kappa shape index (κ2) is 9.62. The molecule has 0 fully saturated rings. The van der Waals surface area contributed by atoms with Crippen molar-refractivity contribution in [2.75, 3.05) is 10.7 Å². The van der Waals surface area contributed by atoms with Crippen LogP contribution < -0.4 is 10.2 Å². The van der Waals surface area contributed by atoms with Crippen LogP contribution in [0.25, 0.3) is 10.9 Å². The molecule has 35 heavy (non-hydrogen) atoms. The van der Waals surface area contributed by atoms with E-state index >= 15 is 0 Å². The number of hydrogen-bond acceptors (Lipinski definition) is 3. The number of nitrogens with one attached hydrogen (secondary N) is 1. The molecule has 0 saturated carbocycles. The van der Waals surface area contributed by atoms with Crippen LogP contribution in [0, 0.1) is 0 Å². The van der Waals surface area contributed by atoms with Gasteiger partial charge in [-0.2, -0.15) is 0 Å². The van der Waals surface area contributed by atoms with Crippen LogP contribution in [0.4, 0.5) is 5.69 Å². The maximum Gasteiger partial charge on any atom is 0.248 e. The van der Waals surface area contributed by atoms with Crippen LogP contribution in [0.2, 0.25) is 0 Å². The van der Waals surface area contributed by atoms with Crippen molar-refractivity contribution in [2.45, 2.75) is 37.4 Å². The molecular weight excluding hydrogens is 454 g/mol. The molecule has 0 bridgehead atoms. The van der Waals surface area contributed by atoms with Gasteiger partial charge in [-0.3, -0.25) is 14.5 Å². The summed E-state index contributed by atoms with van der Waals surface area (Å²) in [4.78, 5) is 29.2. The number of carbonyl (C=O) groups excluding carboxylic acids is 2. The van der Waals surface area contributed by atoms with E-state index in [0.29, 0.717) is 12.5 Å². The van der Waals surface area contributed by atoms with Crippen molar-refractivity contribution in [2.24, 2.45) is 7.05 Å². The molecule has 5 rings (SSSR count). The van der Waals surface area contributed by atoms with Gasteiger partial charge >= 0.3 is 0 Å². The van der Waals surface area contributed by atoms with E-state index in [0.717, 1.165) is 32.7 Å². The van der Waals surface area contributed by atoms with Crippen LogP contribution in [0.5, 0.6) is 0 Å². The summed E-state index contributed by atoms with van der Waals surface area (Å²) in [6, 6.07) is 25.2. The van der Waals surface area contributed by atoms with Gasteiger partial charge in [0.25, 0.3) is 0 Å². The number of hydrogen-bond donors (Lipinski definition) is 1. The lowest BCUT2D eigenvalue weighted by atomic mass is 10.00. The number of para-hydroxylation sites is 1. The van der Waals surface area contributed by atoms with Crippen LogP contribution in [-0.4, -0.2) is 22.1 Å². The minimum atomic E-state index is -0.771. The standard InChI is InChI=1S/C29H29N3O2S/c1-19(2)21-13-15-22(16-14-21)32-25(33)18-35-29-26(23-11-7-8-12-24(23)31(29)3)27(32)28(34)30-17-20-9-5-4-6-10-20/h4-16,19,27H,17-18H2,1-3H3,(H,30,34). The largest absolute Gasteiger partial charge is 0.350 e. The van der Waals surface area contributed by atoms with E-state index in [1.165, 1.54) is 17.3 Å². The predicted octanol–water partition coefficient (Wildman–Crippen LogP) is 5.80. The fraction of sp³-hybridized carbons (Fsp3) is 0.241. The van der Waals surface area contributed by atoms with Crippen LogP contribution >= 0.6 is 11.8 Å². The molecule has 1 aromatic heterocycles. The van der Waals surface area contributed by atoms with Gasteiger partial charge in [-0.05, 0) is 35.2 Å². The molecule has 6 heteroatoms. The van der Waals surface area contributed by atoms with Crippen LogP contribution in [0.15, 0.2) is 83.9 Å². The van der Waals surface area contributed by atoms with Crippen LogP contribution in [-0.2, 0) is 23.2 Å². The molecule has 1 N–H and O–H groups in total. The summed E-state index contributed by atoms with van der Waals surface area (Å²) in [6.45, 7) is 4.69. The molecule has 1 aliphatic heterocycles. The third-order valence-electron chi connectivity index (χ3n) is 6.62. The molecule has 3 aromatic carbocycles. The highest BCUT2D eigenvalue weighted by Crippen LogP contribution is 2.43. The highest BCUT2D eigenvalue weighted by atomic mass is 32.2. The first kappa shape index (κ1) is 23.2. The Labute approximate surface area is 210 Å². The van der Waals surface area contributed by atoms with Crippen molar-refractivity contribution in [3.8, 4) is 0 Å². The lowest BCUT2D eigenvalue weighted by molar-refractivity contribution is -0.125. The first-order chi connectivity index (χ1) is 17.0.